The number of hydrogen-bond acceptors (Lipinski definition) is 3. The third kappa shape index (κ3) is 2.35. The van der Waals surface area contributed by atoms with Crippen LogP contribution in [0.15, 0.2) is 36.4 Å². The van der Waals surface area contributed by atoms with E-state index >= 15 is 0 Å². The lowest BCUT2D eigenvalue weighted by atomic mass is 10.0. The van der Waals surface area contributed by atoms with Crippen LogP contribution in [0.25, 0.3) is 16.9 Å². The lowest BCUT2D eigenvalue weighted by Gasteiger charge is -2.12. The third-order valence-electron chi connectivity index (χ3n) is 3.90. The summed E-state index contributed by atoms with van der Waals surface area (Å²) in [7, 11) is 1.70. The normalized spacial score (nSPS) is 11.1. The zero-order valence-electron chi connectivity index (χ0n) is 13.3. The van der Waals surface area contributed by atoms with Crippen LogP contribution in [0.4, 0.5) is 0 Å². The maximum absolute atomic E-state index is 5.79. The first kappa shape index (κ1) is 14.6. The average Bonchev–Trinajstić information content (AvgIpc) is 2.87. The van der Waals surface area contributed by atoms with E-state index < -0.39 is 0 Å². The van der Waals surface area contributed by atoms with Crippen LogP contribution in [0.3, 0.4) is 0 Å². The molecule has 4 nitrogen and oxygen atoms in total. The van der Waals surface area contributed by atoms with Crippen molar-refractivity contribution < 1.29 is 4.74 Å². The quantitative estimate of drug-likeness (QED) is 0.804. The van der Waals surface area contributed by atoms with Gasteiger partial charge in [0.2, 0.25) is 0 Å². The van der Waals surface area contributed by atoms with Crippen molar-refractivity contribution in [1.82, 2.24) is 9.38 Å². The lowest BCUT2D eigenvalue weighted by molar-refractivity contribution is 0.416. The minimum Gasteiger partial charge on any atom is -0.496 e. The monoisotopic (exact) mass is 295 g/mol. The predicted molar refractivity (Wildman–Crippen MR) is 89.4 cm³/mol. The Morgan fingerprint density at radius 1 is 1.18 bits per heavy atom. The summed E-state index contributed by atoms with van der Waals surface area (Å²) in [5, 5.41) is 0. The number of rotatable bonds is 4. The van der Waals surface area contributed by atoms with E-state index in [-0.39, 0.29) is 0 Å². The van der Waals surface area contributed by atoms with Gasteiger partial charge in [-0.1, -0.05) is 17.7 Å². The molecule has 0 radical (unpaired) electrons. The van der Waals surface area contributed by atoms with E-state index in [4.69, 9.17) is 15.5 Å². The highest BCUT2D eigenvalue weighted by Gasteiger charge is 2.18. The van der Waals surface area contributed by atoms with Gasteiger partial charge in [-0.25, -0.2) is 4.98 Å². The van der Waals surface area contributed by atoms with Gasteiger partial charge in [-0.2, -0.15) is 0 Å². The van der Waals surface area contributed by atoms with Crippen LogP contribution in [0.5, 0.6) is 5.75 Å². The van der Waals surface area contributed by atoms with Gasteiger partial charge in [0.05, 0.1) is 18.5 Å². The highest BCUT2D eigenvalue weighted by atomic mass is 16.5. The Balaban J connectivity index is 2.38. The largest absolute Gasteiger partial charge is 0.496 e. The second-order valence-corrected chi connectivity index (χ2v) is 5.51. The average molecular weight is 295 g/mol. The molecule has 22 heavy (non-hydrogen) atoms. The molecule has 0 amide bonds. The van der Waals surface area contributed by atoms with Gasteiger partial charge in [0.15, 0.2) is 0 Å². The maximum atomic E-state index is 5.79. The Morgan fingerprint density at radius 3 is 2.73 bits per heavy atom. The fourth-order valence-corrected chi connectivity index (χ4v) is 2.90. The van der Waals surface area contributed by atoms with E-state index in [1.54, 1.807) is 7.11 Å². The molecule has 0 atom stereocenters. The molecule has 0 aliphatic carbocycles. The molecule has 1 aromatic carbocycles. The fourth-order valence-electron chi connectivity index (χ4n) is 2.90. The van der Waals surface area contributed by atoms with Crippen molar-refractivity contribution in [2.24, 2.45) is 5.73 Å². The predicted octanol–water partition coefficient (Wildman–Crippen LogP) is 3.13. The van der Waals surface area contributed by atoms with Crippen molar-refractivity contribution in [3.05, 3.63) is 53.3 Å². The molecule has 0 fully saturated rings. The molecule has 3 rings (SSSR count). The second kappa shape index (κ2) is 5.81. The lowest BCUT2D eigenvalue weighted by Crippen LogP contribution is -2.05. The van der Waals surface area contributed by atoms with Crippen LogP contribution in [0.1, 0.15) is 17.0 Å². The molecule has 0 saturated heterocycles. The van der Waals surface area contributed by atoms with Gasteiger partial charge < -0.3 is 10.5 Å². The topological polar surface area (TPSA) is 52.5 Å². The van der Waals surface area contributed by atoms with E-state index in [9.17, 15) is 0 Å². The van der Waals surface area contributed by atoms with Crippen molar-refractivity contribution in [1.29, 1.82) is 0 Å². The maximum Gasteiger partial charge on any atom is 0.137 e. The van der Waals surface area contributed by atoms with Crippen molar-refractivity contribution >= 4 is 5.65 Å². The number of fused-ring (bicyclic) bond motifs is 1. The molecular weight excluding hydrogens is 274 g/mol. The molecule has 0 spiro atoms. The second-order valence-electron chi connectivity index (χ2n) is 5.51. The third-order valence-corrected chi connectivity index (χ3v) is 3.90. The van der Waals surface area contributed by atoms with Gasteiger partial charge in [-0.05, 0) is 44.7 Å². The van der Waals surface area contributed by atoms with Crippen molar-refractivity contribution in [3.8, 4) is 17.0 Å². The van der Waals surface area contributed by atoms with Gasteiger partial charge in [0.25, 0.3) is 0 Å². The number of aromatic nitrogens is 2. The van der Waals surface area contributed by atoms with Crippen molar-refractivity contribution in [3.63, 3.8) is 0 Å². The SMILES string of the molecule is COc1ccc(C)cc1-c1c(CCN)nc2cccc(C)n12. The zero-order chi connectivity index (χ0) is 15.7. The molecule has 3 aromatic rings. The molecule has 2 N–H and O–H groups in total. The number of methoxy groups -OCH3 is 1. The van der Waals surface area contributed by atoms with Gasteiger partial charge >= 0.3 is 0 Å². The molecule has 2 heterocycles. The number of ether oxygens (including phenoxy) is 1. The summed E-state index contributed by atoms with van der Waals surface area (Å²) < 4.78 is 7.76. The number of nitrogens with two attached hydrogens (primary N) is 1. The van der Waals surface area contributed by atoms with Gasteiger partial charge in [-0.15, -0.1) is 0 Å². The van der Waals surface area contributed by atoms with Gasteiger partial charge in [0.1, 0.15) is 11.4 Å². The van der Waals surface area contributed by atoms with E-state index in [1.807, 2.05) is 18.2 Å². The van der Waals surface area contributed by atoms with E-state index in [0.717, 1.165) is 40.5 Å². The number of nitrogens with zero attached hydrogens (tertiary/aromatic N) is 2. The summed E-state index contributed by atoms with van der Waals surface area (Å²) in [6.07, 6.45) is 0.744. The molecule has 0 aliphatic rings. The van der Waals surface area contributed by atoms with Crippen LogP contribution < -0.4 is 10.5 Å². The highest BCUT2D eigenvalue weighted by Crippen LogP contribution is 2.34. The molecule has 0 aliphatic heterocycles. The van der Waals surface area contributed by atoms with Crippen molar-refractivity contribution in [2.45, 2.75) is 20.3 Å². The summed E-state index contributed by atoms with van der Waals surface area (Å²) >= 11 is 0. The summed E-state index contributed by atoms with van der Waals surface area (Å²) in [6.45, 7) is 4.75. The van der Waals surface area contributed by atoms with Gasteiger partial charge in [0, 0.05) is 17.7 Å². The minimum absolute atomic E-state index is 0.573. The number of imidazole rings is 1. The standard InChI is InChI=1S/C18H21N3O/c1-12-7-8-16(22-3)14(11-12)18-15(9-10-19)20-17-6-4-5-13(2)21(17)18/h4-8,11H,9-10,19H2,1-3H3. The smallest absolute Gasteiger partial charge is 0.137 e. The number of pyridine rings is 1. The van der Waals surface area contributed by atoms with E-state index in [2.05, 4.69) is 36.4 Å². The van der Waals surface area contributed by atoms with Crippen LogP contribution in [-0.4, -0.2) is 23.0 Å². The van der Waals surface area contributed by atoms with Crippen molar-refractivity contribution in [2.75, 3.05) is 13.7 Å². The Labute approximate surface area is 130 Å². The van der Waals surface area contributed by atoms with Crippen LogP contribution in [0.2, 0.25) is 0 Å². The van der Waals surface area contributed by atoms with E-state index in [1.165, 1.54) is 5.56 Å². The fraction of sp³-hybridized carbons (Fsp3) is 0.278. The number of aryl methyl sites for hydroxylation is 2. The van der Waals surface area contributed by atoms with Crippen LogP contribution in [0, 0.1) is 13.8 Å². The summed E-state index contributed by atoms with van der Waals surface area (Å²) in [5.74, 6) is 0.855. The first-order chi connectivity index (χ1) is 10.7. The minimum atomic E-state index is 0.573. The van der Waals surface area contributed by atoms with Crippen LogP contribution >= 0.6 is 0 Å². The molecular formula is C18H21N3O. The summed E-state index contributed by atoms with van der Waals surface area (Å²) in [6, 6.07) is 12.4. The van der Waals surface area contributed by atoms with Gasteiger partial charge in [-0.3, -0.25) is 4.40 Å². The molecule has 4 heteroatoms. The van der Waals surface area contributed by atoms with Crippen LogP contribution in [-0.2, 0) is 6.42 Å². The number of hydrogen-bond donors (Lipinski definition) is 1. The Bertz CT molecular complexity index is 821. The molecule has 114 valence electrons. The molecule has 0 unspecified atom stereocenters. The highest BCUT2D eigenvalue weighted by molar-refractivity contribution is 5.74. The summed E-state index contributed by atoms with van der Waals surface area (Å²) in [4.78, 5) is 4.77. The first-order valence-corrected chi connectivity index (χ1v) is 7.47. The van der Waals surface area contributed by atoms with E-state index in [0.29, 0.717) is 6.54 Å². The Hall–Kier alpha value is -2.33. The zero-order valence-corrected chi connectivity index (χ0v) is 13.3. The Kier molecular flexibility index (Phi) is 3.86. The first-order valence-electron chi connectivity index (χ1n) is 7.47. The number of benzene rings is 1. The molecule has 0 bridgehead atoms. The summed E-state index contributed by atoms with van der Waals surface area (Å²) in [5.41, 5.74) is 12.2. The molecule has 0 saturated carbocycles. The molecule has 2 aromatic heterocycles. The Morgan fingerprint density at radius 2 is 2.00 bits per heavy atom.